The molecule has 1 amide bonds. The van der Waals surface area contributed by atoms with Crippen molar-refractivity contribution in [2.45, 2.75) is 25.8 Å². The maximum Gasteiger partial charge on any atom is 0.439 e. The van der Waals surface area contributed by atoms with Crippen LogP contribution in [0.3, 0.4) is 0 Å². The molecule has 0 fully saturated rings. The smallest absolute Gasteiger partial charge is 0.405 e. The first-order chi connectivity index (χ1) is 12.6. The average Bonchev–Trinajstić information content (AvgIpc) is 2.92. The molecule has 0 bridgehead atoms. The first-order valence-corrected chi connectivity index (χ1v) is 8.77. The third-order valence-corrected chi connectivity index (χ3v) is 4.50. The highest BCUT2D eigenvalue weighted by Gasteiger charge is 2.28. The van der Waals surface area contributed by atoms with Gasteiger partial charge >= 0.3 is 6.09 Å². The Morgan fingerprint density at radius 3 is 2.41 bits per heavy atom. The number of benzene rings is 1. The van der Waals surface area contributed by atoms with Crippen molar-refractivity contribution in [1.29, 1.82) is 0 Å². The van der Waals surface area contributed by atoms with E-state index in [0.29, 0.717) is 20.6 Å². The number of aryl methyl sites for hydroxylation is 1. The fourth-order valence-corrected chi connectivity index (χ4v) is 3.40. The molecule has 0 N–H and O–H groups in total. The number of hydroxylamine groups is 2. The van der Waals surface area contributed by atoms with Gasteiger partial charge in [0.2, 0.25) is 0 Å². The monoisotopic (exact) mass is 441 g/mol. The molecule has 1 aromatic carbocycles. The summed E-state index contributed by atoms with van der Waals surface area (Å²) in [5.74, 6) is -0.352. The van der Waals surface area contributed by atoms with Gasteiger partial charge in [0.15, 0.2) is 11.4 Å². The highest BCUT2D eigenvalue weighted by atomic mass is 35.5. The fourth-order valence-electron chi connectivity index (χ4n) is 2.43. The second-order valence-electron chi connectivity index (χ2n) is 5.63. The quantitative estimate of drug-likeness (QED) is 0.569. The number of alkyl halides is 2. The van der Waals surface area contributed by atoms with Crippen molar-refractivity contribution in [2.75, 3.05) is 7.11 Å². The predicted molar refractivity (Wildman–Crippen MR) is 97.7 cm³/mol. The van der Waals surface area contributed by atoms with E-state index in [0.717, 1.165) is 9.75 Å². The van der Waals surface area contributed by atoms with E-state index in [-0.39, 0.29) is 12.2 Å². The van der Waals surface area contributed by atoms with E-state index in [2.05, 4.69) is 5.10 Å². The number of carbonyl (C=O) groups is 1. The lowest BCUT2D eigenvalue weighted by molar-refractivity contribution is -0.124. The van der Waals surface area contributed by atoms with Gasteiger partial charge in [-0.15, -0.1) is 0 Å². The summed E-state index contributed by atoms with van der Waals surface area (Å²) in [4.78, 5) is 17.5. The van der Waals surface area contributed by atoms with Crippen LogP contribution in [-0.2, 0) is 18.3 Å². The van der Waals surface area contributed by atoms with Crippen molar-refractivity contribution in [2.24, 2.45) is 7.05 Å². The number of rotatable bonds is 6. The Morgan fingerprint density at radius 2 is 1.89 bits per heavy atom. The molecule has 11 heteroatoms. The molecule has 0 aliphatic carbocycles. The van der Waals surface area contributed by atoms with Gasteiger partial charge in [-0.2, -0.15) is 10.2 Å². The van der Waals surface area contributed by atoms with Crippen molar-refractivity contribution in [1.82, 2.24) is 14.8 Å². The van der Waals surface area contributed by atoms with Crippen molar-refractivity contribution >= 4 is 40.9 Å². The minimum Gasteiger partial charge on any atom is -0.405 e. The second kappa shape index (κ2) is 9.05. The van der Waals surface area contributed by atoms with Crippen molar-refractivity contribution in [3.05, 3.63) is 44.7 Å². The van der Waals surface area contributed by atoms with Crippen molar-refractivity contribution in [3.8, 4) is 5.75 Å². The van der Waals surface area contributed by atoms with Gasteiger partial charge < -0.3 is 4.74 Å². The molecule has 6 nitrogen and oxygen atoms in total. The van der Waals surface area contributed by atoms with Crippen molar-refractivity contribution in [3.63, 3.8) is 0 Å². The fraction of sp³-hybridized carbons (Fsp3) is 0.375. The first-order valence-electron chi connectivity index (χ1n) is 7.64. The molecule has 2 aromatic rings. The van der Waals surface area contributed by atoms with Crippen LogP contribution in [0, 0.1) is 0 Å². The molecular formula is C16H16Cl3F2N3O3. The molecule has 2 rings (SSSR count). The Morgan fingerprint density at radius 1 is 1.30 bits per heavy atom. The Labute approximate surface area is 169 Å². The SMILES string of the molecule is CON(C(=O)Oc1cn(C)nc1C(F)F)C(C)Cc1c(Cl)cc(Cl)cc1Cl. The summed E-state index contributed by atoms with van der Waals surface area (Å²) in [5.41, 5.74) is -0.0851. The van der Waals surface area contributed by atoms with Crippen LogP contribution < -0.4 is 4.74 Å². The van der Waals surface area contributed by atoms with Crippen LogP contribution in [0.4, 0.5) is 13.6 Å². The third kappa shape index (κ3) is 5.22. The van der Waals surface area contributed by atoms with Gasteiger partial charge in [0.25, 0.3) is 6.43 Å². The minimum atomic E-state index is -2.89. The Balaban J connectivity index is 2.17. The van der Waals surface area contributed by atoms with E-state index < -0.39 is 24.3 Å². The van der Waals surface area contributed by atoms with Gasteiger partial charge in [-0.05, 0) is 31.0 Å². The Bertz CT molecular complexity index is 809. The van der Waals surface area contributed by atoms with Crippen LogP contribution in [0.25, 0.3) is 0 Å². The summed E-state index contributed by atoms with van der Waals surface area (Å²) in [6, 6.07) is 2.47. The van der Waals surface area contributed by atoms with Gasteiger partial charge in [-0.1, -0.05) is 34.8 Å². The van der Waals surface area contributed by atoms with Gasteiger partial charge in [0.05, 0.1) is 19.3 Å². The lowest BCUT2D eigenvalue weighted by atomic mass is 10.1. The molecule has 0 radical (unpaired) electrons. The van der Waals surface area contributed by atoms with Gasteiger partial charge in [-0.3, -0.25) is 9.52 Å². The second-order valence-corrected chi connectivity index (χ2v) is 6.88. The molecule has 0 aliphatic heterocycles. The van der Waals surface area contributed by atoms with E-state index in [4.69, 9.17) is 44.4 Å². The number of halogens is 5. The number of nitrogens with zero attached hydrogens (tertiary/aromatic N) is 3. The summed E-state index contributed by atoms with van der Waals surface area (Å²) < 4.78 is 32.1. The highest BCUT2D eigenvalue weighted by Crippen LogP contribution is 2.31. The zero-order valence-electron chi connectivity index (χ0n) is 14.6. The molecule has 1 atom stereocenters. The molecular weight excluding hydrogens is 427 g/mol. The van der Waals surface area contributed by atoms with Gasteiger partial charge in [0.1, 0.15) is 0 Å². The van der Waals surface area contributed by atoms with Crippen LogP contribution in [0.15, 0.2) is 18.3 Å². The first kappa shape index (κ1) is 21.7. The van der Waals surface area contributed by atoms with E-state index in [1.165, 1.54) is 32.5 Å². The topological polar surface area (TPSA) is 56.6 Å². The average molecular weight is 443 g/mol. The van der Waals surface area contributed by atoms with Gasteiger partial charge in [0, 0.05) is 22.1 Å². The Hall–Kier alpha value is -1.61. The van der Waals surface area contributed by atoms with Crippen LogP contribution >= 0.6 is 34.8 Å². The largest absolute Gasteiger partial charge is 0.439 e. The number of hydrogen-bond donors (Lipinski definition) is 0. The molecule has 1 unspecified atom stereocenters. The molecule has 1 heterocycles. The summed E-state index contributed by atoms with van der Waals surface area (Å²) in [6.45, 7) is 1.66. The van der Waals surface area contributed by atoms with Crippen LogP contribution in [-0.4, -0.2) is 34.1 Å². The molecule has 1 aromatic heterocycles. The van der Waals surface area contributed by atoms with E-state index in [1.807, 2.05) is 0 Å². The van der Waals surface area contributed by atoms with Gasteiger partial charge in [-0.25, -0.2) is 13.6 Å². The summed E-state index contributed by atoms with van der Waals surface area (Å²) >= 11 is 18.2. The molecule has 0 aliphatic rings. The van der Waals surface area contributed by atoms with E-state index in [9.17, 15) is 13.6 Å². The maximum absolute atomic E-state index is 13.0. The zero-order valence-corrected chi connectivity index (χ0v) is 16.8. The normalized spacial score (nSPS) is 12.3. The van der Waals surface area contributed by atoms with Crippen LogP contribution in [0.2, 0.25) is 15.1 Å². The van der Waals surface area contributed by atoms with Crippen molar-refractivity contribution < 1.29 is 23.1 Å². The standard InChI is InChI=1S/C16H16Cl3F2N3O3/c1-8(4-10-11(18)5-9(17)6-12(10)19)24(26-3)16(25)27-13-7-23(2)22-14(13)15(20)21/h5-8,15H,4H2,1-3H3. The zero-order chi connectivity index (χ0) is 20.3. The third-order valence-electron chi connectivity index (χ3n) is 3.61. The lowest BCUT2D eigenvalue weighted by Crippen LogP contribution is -2.41. The number of aromatic nitrogens is 2. The number of amides is 1. The van der Waals surface area contributed by atoms with Crippen LogP contribution in [0.5, 0.6) is 5.75 Å². The summed E-state index contributed by atoms with van der Waals surface area (Å²) in [6.07, 6.45) is -2.49. The summed E-state index contributed by atoms with van der Waals surface area (Å²) in [7, 11) is 2.69. The summed E-state index contributed by atoms with van der Waals surface area (Å²) in [5, 5.41) is 5.50. The predicted octanol–water partition coefficient (Wildman–Crippen LogP) is 5.31. The highest BCUT2D eigenvalue weighted by molar-refractivity contribution is 6.39. The number of carbonyl (C=O) groups excluding carboxylic acids is 1. The molecule has 27 heavy (non-hydrogen) atoms. The lowest BCUT2D eigenvalue weighted by Gasteiger charge is -2.26. The van der Waals surface area contributed by atoms with E-state index in [1.54, 1.807) is 6.92 Å². The Kier molecular flexibility index (Phi) is 7.27. The maximum atomic E-state index is 13.0. The molecule has 0 saturated carbocycles. The minimum absolute atomic E-state index is 0.215. The molecule has 148 valence electrons. The van der Waals surface area contributed by atoms with Crippen LogP contribution in [0.1, 0.15) is 24.6 Å². The molecule has 0 spiro atoms. The molecule has 0 saturated heterocycles. The number of hydrogen-bond acceptors (Lipinski definition) is 4. The van der Waals surface area contributed by atoms with E-state index >= 15 is 0 Å². The number of ether oxygens (including phenoxy) is 1.